The third-order valence-corrected chi connectivity index (χ3v) is 7.99. The van der Waals surface area contributed by atoms with E-state index in [0.717, 1.165) is 28.2 Å². The normalized spacial score (nSPS) is 15.4. The van der Waals surface area contributed by atoms with Crippen molar-refractivity contribution >= 4 is 38.1 Å². The quantitative estimate of drug-likeness (QED) is 0.538. The van der Waals surface area contributed by atoms with Crippen molar-refractivity contribution in [2.75, 3.05) is 31.1 Å². The molecule has 31 heavy (non-hydrogen) atoms. The summed E-state index contributed by atoms with van der Waals surface area (Å²) in [7, 11) is -4.28. The first kappa shape index (κ1) is 22.1. The molecule has 0 bridgehead atoms. The Labute approximate surface area is 186 Å². The van der Waals surface area contributed by atoms with Crippen LogP contribution in [-0.2, 0) is 16.4 Å². The molecule has 0 spiro atoms. The smallest absolute Gasteiger partial charge is 0.249 e. The molecule has 164 valence electrons. The molecular weight excluding hydrogens is 471 g/mol. The van der Waals surface area contributed by atoms with Crippen LogP contribution < -0.4 is 4.90 Å². The molecule has 1 aromatic heterocycles. The minimum atomic E-state index is -4.28. The first-order chi connectivity index (χ1) is 14.7. The predicted octanol–water partition coefficient (Wildman–Crippen LogP) is 4.32. The molecule has 5 nitrogen and oxygen atoms in total. The van der Waals surface area contributed by atoms with Gasteiger partial charge in [-0.1, -0.05) is 17.7 Å². The molecule has 0 aliphatic carbocycles. The van der Waals surface area contributed by atoms with E-state index in [1.807, 2.05) is 10.3 Å². The standard InChI is InChI=1S/C20H17ClF3N3O2S2/c21-14-8-13(9-15(22)11-14)10-16-12-30-20(25-16)26-4-6-27(7-5-26)31(28,29)19-17(23)2-1-3-18(19)24/h1-3,8-9,11-12H,4-7,10H2. The van der Waals surface area contributed by atoms with Crippen LogP contribution in [0.15, 0.2) is 46.7 Å². The maximum Gasteiger partial charge on any atom is 0.249 e. The van der Waals surface area contributed by atoms with Gasteiger partial charge in [-0.05, 0) is 35.9 Å². The summed E-state index contributed by atoms with van der Waals surface area (Å²) in [6, 6.07) is 7.29. The third-order valence-electron chi connectivity index (χ3n) is 4.87. The molecule has 3 aromatic rings. The largest absolute Gasteiger partial charge is 0.345 e. The highest BCUT2D eigenvalue weighted by Gasteiger charge is 2.33. The third kappa shape index (κ3) is 4.72. The van der Waals surface area contributed by atoms with Gasteiger partial charge in [0.25, 0.3) is 0 Å². The molecule has 1 aliphatic rings. The molecule has 0 saturated carbocycles. The SMILES string of the molecule is O=S(=O)(c1c(F)cccc1F)N1CCN(c2nc(Cc3cc(F)cc(Cl)c3)cs2)CC1. The number of halogens is 4. The van der Waals surface area contributed by atoms with Crippen LogP contribution in [0.25, 0.3) is 0 Å². The maximum atomic E-state index is 14.0. The van der Waals surface area contributed by atoms with Gasteiger partial charge in [0.1, 0.15) is 17.5 Å². The number of hydrogen-bond acceptors (Lipinski definition) is 5. The second-order valence-corrected chi connectivity index (χ2v) is 10.2. The van der Waals surface area contributed by atoms with E-state index in [9.17, 15) is 21.6 Å². The van der Waals surface area contributed by atoms with Crippen molar-refractivity contribution in [1.29, 1.82) is 0 Å². The fourth-order valence-electron chi connectivity index (χ4n) is 3.42. The number of thiazole rings is 1. The zero-order chi connectivity index (χ0) is 22.2. The number of anilines is 1. The Morgan fingerprint density at radius 3 is 2.35 bits per heavy atom. The number of piperazine rings is 1. The van der Waals surface area contributed by atoms with Crippen molar-refractivity contribution in [2.24, 2.45) is 0 Å². The zero-order valence-corrected chi connectivity index (χ0v) is 18.5. The highest BCUT2D eigenvalue weighted by Crippen LogP contribution is 2.27. The second kappa shape index (κ2) is 8.78. The van der Waals surface area contributed by atoms with Crippen LogP contribution >= 0.6 is 22.9 Å². The van der Waals surface area contributed by atoms with Gasteiger partial charge >= 0.3 is 0 Å². The van der Waals surface area contributed by atoms with E-state index < -0.39 is 32.4 Å². The highest BCUT2D eigenvalue weighted by molar-refractivity contribution is 7.89. The van der Waals surface area contributed by atoms with Gasteiger partial charge in [0.2, 0.25) is 10.0 Å². The van der Waals surface area contributed by atoms with Crippen molar-refractivity contribution in [2.45, 2.75) is 11.3 Å². The van der Waals surface area contributed by atoms with Crippen molar-refractivity contribution < 1.29 is 21.6 Å². The zero-order valence-electron chi connectivity index (χ0n) is 16.1. The van der Waals surface area contributed by atoms with Crippen LogP contribution in [0.5, 0.6) is 0 Å². The molecule has 2 aromatic carbocycles. The van der Waals surface area contributed by atoms with E-state index in [0.29, 0.717) is 35.2 Å². The number of benzene rings is 2. The van der Waals surface area contributed by atoms with E-state index in [1.165, 1.54) is 23.5 Å². The first-order valence-corrected chi connectivity index (χ1v) is 12.0. The highest BCUT2D eigenvalue weighted by atomic mass is 35.5. The minimum absolute atomic E-state index is 0.0739. The predicted molar refractivity (Wildman–Crippen MR) is 114 cm³/mol. The van der Waals surface area contributed by atoms with E-state index in [2.05, 4.69) is 4.98 Å². The summed E-state index contributed by atoms with van der Waals surface area (Å²) in [5.74, 6) is -2.63. The Morgan fingerprint density at radius 2 is 1.71 bits per heavy atom. The van der Waals surface area contributed by atoms with Crippen LogP contribution in [0.3, 0.4) is 0 Å². The number of rotatable bonds is 5. The van der Waals surface area contributed by atoms with Gasteiger partial charge < -0.3 is 4.90 Å². The molecule has 1 fully saturated rings. The lowest BCUT2D eigenvalue weighted by atomic mass is 10.1. The topological polar surface area (TPSA) is 53.5 Å². The van der Waals surface area contributed by atoms with Gasteiger partial charge in [-0.3, -0.25) is 0 Å². The van der Waals surface area contributed by atoms with Gasteiger partial charge in [-0.15, -0.1) is 11.3 Å². The molecule has 1 aliphatic heterocycles. The van der Waals surface area contributed by atoms with E-state index in [4.69, 9.17) is 11.6 Å². The summed E-state index contributed by atoms with van der Waals surface area (Å²) < 4.78 is 68.0. The molecule has 2 heterocycles. The second-order valence-electron chi connectivity index (χ2n) is 7.02. The monoisotopic (exact) mass is 487 g/mol. The van der Waals surface area contributed by atoms with Gasteiger partial charge in [-0.2, -0.15) is 4.31 Å². The van der Waals surface area contributed by atoms with Crippen LogP contribution in [-0.4, -0.2) is 43.9 Å². The number of aromatic nitrogens is 1. The summed E-state index contributed by atoms with van der Waals surface area (Å²) in [6.07, 6.45) is 0.412. The van der Waals surface area contributed by atoms with Crippen LogP contribution in [0.4, 0.5) is 18.3 Å². The van der Waals surface area contributed by atoms with Crippen LogP contribution in [0.1, 0.15) is 11.3 Å². The lowest BCUT2D eigenvalue weighted by molar-refractivity contribution is 0.378. The lowest BCUT2D eigenvalue weighted by Crippen LogP contribution is -2.49. The Morgan fingerprint density at radius 1 is 1.03 bits per heavy atom. The van der Waals surface area contributed by atoms with E-state index >= 15 is 0 Å². The summed E-state index contributed by atoms with van der Waals surface area (Å²) in [5, 5.41) is 2.87. The molecule has 4 rings (SSSR count). The molecule has 0 unspecified atom stereocenters. The van der Waals surface area contributed by atoms with Gasteiger partial charge in [0, 0.05) is 43.0 Å². The average molecular weight is 488 g/mol. The first-order valence-electron chi connectivity index (χ1n) is 9.32. The van der Waals surface area contributed by atoms with Gasteiger partial charge in [-0.25, -0.2) is 26.6 Å². The Balaban J connectivity index is 1.44. The van der Waals surface area contributed by atoms with E-state index in [-0.39, 0.29) is 13.1 Å². The molecule has 0 amide bonds. The summed E-state index contributed by atoms with van der Waals surface area (Å²) >= 11 is 7.28. The molecular formula is C20H17ClF3N3O2S2. The number of hydrogen-bond donors (Lipinski definition) is 0. The Bertz CT molecular complexity index is 1170. The van der Waals surface area contributed by atoms with E-state index in [1.54, 1.807) is 6.07 Å². The Hall–Kier alpha value is -2.14. The summed E-state index contributed by atoms with van der Waals surface area (Å²) in [6.45, 7) is 0.803. The minimum Gasteiger partial charge on any atom is -0.345 e. The van der Waals surface area contributed by atoms with Crippen LogP contribution in [0, 0.1) is 17.5 Å². The molecule has 0 radical (unpaired) electrons. The molecule has 0 N–H and O–H groups in total. The van der Waals surface area contributed by atoms with Crippen molar-refractivity contribution in [3.05, 3.63) is 75.5 Å². The fraction of sp³-hybridized carbons (Fsp3) is 0.250. The van der Waals surface area contributed by atoms with Gasteiger partial charge in [0.05, 0.1) is 5.69 Å². The Kier molecular flexibility index (Phi) is 6.25. The molecule has 1 saturated heterocycles. The summed E-state index contributed by atoms with van der Waals surface area (Å²) in [5.41, 5.74) is 1.44. The van der Waals surface area contributed by atoms with Crippen molar-refractivity contribution in [3.8, 4) is 0 Å². The number of nitrogens with zero attached hydrogens (tertiary/aromatic N) is 3. The molecule has 0 atom stereocenters. The van der Waals surface area contributed by atoms with Crippen molar-refractivity contribution in [3.63, 3.8) is 0 Å². The van der Waals surface area contributed by atoms with Gasteiger partial charge in [0.15, 0.2) is 10.0 Å². The lowest BCUT2D eigenvalue weighted by Gasteiger charge is -2.33. The average Bonchev–Trinajstić information content (AvgIpc) is 3.15. The fourth-order valence-corrected chi connectivity index (χ4v) is 6.08. The summed E-state index contributed by atoms with van der Waals surface area (Å²) in [4.78, 5) is 5.54. The number of sulfonamides is 1. The van der Waals surface area contributed by atoms with Crippen molar-refractivity contribution in [1.82, 2.24) is 9.29 Å². The maximum absolute atomic E-state index is 14.0. The van der Waals surface area contributed by atoms with Crippen LogP contribution in [0.2, 0.25) is 5.02 Å². The molecule has 11 heteroatoms.